The maximum Gasteiger partial charge on any atom is 0.247 e. The Kier molecular flexibility index (Phi) is 6.79. The van der Waals surface area contributed by atoms with E-state index >= 15 is 0 Å². The first-order chi connectivity index (χ1) is 13.6. The Morgan fingerprint density at radius 3 is 2.71 bits per heavy atom. The summed E-state index contributed by atoms with van der Waals surface area (Å²) in [5.41, 5.74) is 5.86. The Morgan fingerprint density at radius 1 is 1.21 bits per heavy atom. The third kappa shape index (κ3) is 4.97. The highest BCUT2D eigenvalue weighted by Gasteiger charge is 2.18. The van der Waals surface area contributed by atoms with Gasteiger partial charge in [0.2, 0.25) is 5.91 Å². The van der Waals surface area contributed by atoms with Gasteiger partial charge in [0.25, 0.3) is 0 Å². The number of carbonyl (C=O) groups is 1. The van der Waals surface area contributed by atoms with Gasteiger partial charge < -0.3 is 0 Å². The largest absolute Gasteiger partial charge is 0.274 e. The van der Waals surface area contributed by atoms with E-state index in [1.807, 2.05) is 37.3 Å². The summed E-state index contributed by atoms with van der Waals surface area (Å²) in [5, 5.41) is 0. The van der Waals surface area contributed by atoms with Gasteiger partial charge in [0.05, 0.1) is 18.0 Å². The van der Waals surface area contributed by atoms with Crippen LogP contribution in [0.3, 0.4) is 0 Å². The van der Waals surface area contributed by atoms with Crippen LogP contribution in [0.4, 0.5) is 4.39 Å². The molecule has 2 aromatic rings. The molecule has 28 heavy (non-hydrogen) atoms. The summed E-state index contributed by atoms with van der Waals surface area (Å²) in [6.45, 7) is 4.16. The summed E-state index contributed by atoms with van der Waals surface area (Å²) in [5.74, 6) is -0.479. The second kappa shape index (κ2) is 9.48. The van der Waals surface area contributed by atoms with E-state index in [-0.39, 0.29) is 18.1 Å². The molecule has 0 radical (unpaired) electrons. The fourth-order valence-corrected chi connectivity index (χ4v) is 3.69. The molecule has 0 spiro atoms. The predicted octanol–water partition coefficient (Wildman–Crippen LogP) is 5.01. The van der Waals surface area contributed by atoms with Crippen molar-refractivity contribution in [1.29, 1.82) is 0 Å². The van der Waals surface area contributed by atoms with E-state index in [1.165, 1.54) is 12.1 Å². The van der Waals surface area contributed by atoms with Crippen LogP contribution in [0, 0.1) is 5.82 Å². The fraction of sp³-hybridized carbons (Fsp3) is 0.182. The highest BCUT2D eigenvalue weighted by molar-refractivity contribution is 8.03. The Hall–Kier alpha value is -2.70. The minimum Gasteiger partial charge on any atom is -0.274 e. The number of rotatable bonds is 6. The standard InChI is InChI=1S/C22H21FN2O2S/c1-3-27-25-21(26)10-6-9-19-15(2)24-22(16-11-13-17(23)14-12-16)18-7-4-5-8-20(18)28-19/h4-9,11-14H,3,10H2,1-2H3,(H,25,26)/b9-6-. The Bertz CT molecular complexity index is 949. The van der Waals surface area contributed by atoms with Gasteiger partial charge in [0.1, 0.15) is 5.82 Å². The lowest BCUT2D eigenvalue weighted by Crippen LogP contribution is -2.22. The molecule has 3 rings (SSSR count). The zero-order valence-corrected chi connectivity index (χ0v) is 16.6. The van der Waals surface area contributed by atoms with Crippen LogP contribution in [0.15, 0.2) is 81.2 Å². The van der Waals surface area contributed by atoms with Gasteiger partial charge in [-0.15, -0.1) is 0 Å². The molecule has 1 heterocycles. The topological polar surface area (TPSA) is 50.7 Å². The lowest BCUT2D eigenvalue weighted by atomic mass is 10.0. The minimum absolute atomic E-state index is 0.203. The van der Waals surface area contributed by atoms with E-state index in [1.54, 1.807) is 36.9 Å². The Morgan fingerprint density at radius 2 is 1.96 bits per heavy atom. The number of aliphatic imine (C=N–C) groups is 1. The van der Waals surface area contributed by atoms with Crippen LogP contribution in [0.2, 0.25) is 0 Å². The molecule has 1 aliphatic heterocycles. The molecule has 0 bridgehead atoms. The molecular weight excluding hydrogens is 375 g/mol. The molecule has 0 unspecified atom stereocenters. The van der Waals surface area contributed by atoms with Crippen LogP contribution in [0.1, 0.15) is 31.4 Å². The molecule has 1 amide bonds. The maximum absolute atomic E-state index is 13.3. The van der Waals surface area contributed by atoms with Crippen molar-refractivity contribution in [2.45, 2.75) is 25.2 Å². The molecular formula is C22H21FN2O2S. The molecule has 1 aliphatic rings. The van der Waals surface area contributed by atoms with Crippen molar-refractivity contribution >= 4 is 23.4 Å². The molecule has 0 fully saturated rings. The van der Waals surface area contributed by atoms with E-state index in [0.717, 1.165) is 32.3 Å². The number of benzene rings is 2. The monoisotopic (exact) mass is 396 g/mol. The van der Waals surface area contributed by atoms with E-state index < -0.39 is 0 Å². The molecule has 6 heteroatoms. The van der Waals surface area contributed by atoms with Crippen LogP contribution in [-0.4, -0.2) is 18.2 Å². The van der Waals surface area contributed by atoms with Gasteiger partial charge in [-0.25, -0.2) is 9.87 Å². The Labute approximate surface area is 168 Å². The number of amides is 1. The third-order valence-corrected chi connectivity index (χ3v) is 5.25. The first-order valence-electron chi connectivity index (χ1n) is 8.98. The quantitative estimate of drug-likeness (QED) is 0.698. The van der Waals surface area contributed by atoms with Gasteiger partial charge in [-0.2, -0.15) is 0 Å². The van der Waals surface area contributed by atoms with Gasteiger partial charge >= 0.3 is 0 Å². The molecule has 144 valence electrons. The van der Waals surface area contributed by atoms with E-state index in [4.69, 9.17) is 9.83 Å². The summed E-state index contributed by atoms with van der Waals surface area (Å²) < 4.78 is 13.3. The van der Waals surface area contributed by atoms with Gasteiger partial charge in [-0.05, 0) is 50.3 Å². The first-order valence-corrected chi connectivity index (χ1v) is 9.80. The molecule has 0 saturated carbocycles. The molecule has 0 aliphatic carbocycles. The average molecular weight is 396 g/mol. The average Bonchev–Trinajstić information content (AvgIpc) is 2.84. The number of nitrogens with zero attached hydrogens (tertiary/aromatic N) is 1. The second-order valence-corrected chi connectivity index (χ2v) is 7.16. The number of halogens is 1. The SMILES string of the molecule is CCONC(=O)C/C=C\C1=C(C)N=C(c2ccc(F)cc2)c2ccccc2S1. The smallest absolute Gasteiger partial charge is 0.247 e. The van der Waals surface area contributed by atoms with Crippen molar-refractivity contribution in [2.24, 2.45) is 4.99 Å². The van der Waals surface area contributed by atoms with Gasteiger partial charge in [0, 0.05) is 27.3 Å². The number of nitrogens with one attached hydrogen (secondary N) is 1. The molecule has 0 aromatic heterocycles. The highest BCUT2D eigenvalue weighted by atomic mass is 32.2. The van der Waals surface area contributed by atoms with Crippen LogP contribution in [-0.2, 0) is 9.63 Å². The number of allylic oxidation sites excluding steroid dienone is 2. The molecule has 0 saturated heterocycles. The van der Waals surface area contributed by atoms with Crippen LogP contribution < -0.4 is 5.48 Å². The van der Waals surface area contributed by atoms with Crippen molar-refractivity contribution in [3.05, 3.63) is 88.2 Å². The fourth-order valence-electron chi connectivity index (χ4n) is 2.68. The second-order valence-electron chi connectivity index (χ2n) is 6.08. The Balaban J connectivity index is 1.92. The van der Waals surface area contributed by atoms with Gasteiger partial charge in [-0.1, -0.05) is 36.0 Å². The summed E-state index contributed by atoms with van der Waals surface area (Å²) >= 11 is 1.60. The van der Waals surface area contributed by atoms with Crippen molar-refractivity contribution in [1.82, 2.24) is 5.48 Å². The van der Waals surface area contributed by atoms with Gasteiger partial charge in [0.15, 0.2) is 0 Å². The normalized spacial score (nSPS) is 13.9. The van der Waals surface area contributed by atoms with Crippen molar-refractivity contribution in [2.75, 3.05) is 6.61 Å². The summed E-state index contributed by atoms with van der Waals surface area (Å²) in [4.78, 5) is 23.4. The third-order valence-electron chi connectivity index (χ3n) is 4.02. The molecule has 1 N–H and O–H groups in total. The summed E-state index contributed by atoms with van der Waals surface area (Å²) in [6.07, 6.45) is 3.91. The van der Waals surface area contributed by atoms with Crippen molar-refractivity contribution < 1.29 is 14.0 Å². The number of hydrogen-bond donors (Lipinski definition) is 1. The number of hydroxylamine groups is 1. The first kappa shape index (κ1) is 20.0. The molecule has 0 atom stereocenters. The van der Waals surface area contributed by atoms with E-state index in [0.29, 0.717) is 6.61 Å². The highest BCUT2D eigenvalue weighted by Crippen LogP contribution is 2.37. The van der Waals surface area contributed by atoms with Crippen molar-refractivity contribution in [3.8, 4) is 0 Å². The molecule has 2 aromatic carbocycles. The maximum atomic E-state index is 13.3. The van der Waals surface area contributed by atoms with Crippen LogP contribution in [0.25, 0.3) is 0 Å². The zero-order chi connectivity index (χ0) is 19.9. The number of hydrogen-bond acceptors (Lipinski definition) is 4. The van der Waals surface area contributed by atoms with Crippen molar-refractivity contribution in [3.63, 3.8) is 0 Å². The lowest BCUT2D eigenvalue weighted by molar-refractivity contribution is -0.132. The van der Waals surface area contributed by atoms with Crippen LogP contribution >= 0.6 is 11.8 Å². The number of carbonyl (C=O) groups excluding carboxylic acids is 1. The summed E-state index contributed by atoms with van der Waals surface area (Å²) in [6, 6.07) is 14.3. The lowest BCUT2D eigenvalue weighted by Gasteiger charge is -2.09. The minimum atomic E-state index is -0.276. The number of fused-ring (bicyclic) bond motifs is 1. The van der Waals surface area contributed by atoms with Crippen LogP contribution in [0.5, 0.6) is 0 Å². The van der Waals surface area contributed by atoms with E-state index in [9.17, 15) is 9.18 Å². The number of thioether (sulfide) groups is 1. The zero-order valence-electron chi connectivity index (χ0n) is 15.7. The summed E-state index contributed by atoms with van der Waals surface area (Å²) in [7, 11) is 0. The predicted molar refractivity (Wildman–Crippen MR) is 111 cm³/mol. The molecule has 4 nitrogen and oxygen atoms in total. The van der Waals surface area contributed by atoms with E-state index in [2.05, 4.69) is 5.48 Å². The van der Waals surface area contributed by atoms with Gasteiger partial charge in [-0.3, -0.25) is 14.6 Å².